The molecule has 0 aromatic heterocycles. The summed E-state index contributed by atoms with van der Waals surface area (Å²) in [5, 5.41) is 5.82. The van der Waals surface area contributed by atoms with Crippen molar-refractivity contribution in [2.45, 2.75) is 38.1 Å². The molecule has 0 saturated heterocycles. The molecule has 0 aliphatic rings. The summed E-state index contributed by atoms with van der Waals surface area (Å²) in [7, 11) is 0. The molecule has 2 aromatic rings. The number of nitrogens with one attached hydrogen (secondary N) is 2. The maximum Gasteiger partial charge on any atom is 0.255 e. The van der Waals surface area contributed by atoms with Crippen molar-refractivity contribution in [1.82, 2.24) is 5.32 Å². The van der Waals surface area contributed by atoms with Gasteiger partial charge in [-0.1, -0.05) is 25.1 Å². The minimum absolute atomic E-state index is 0.0803. The Morgan fingerprint density at radius 1 is 1.08 bits per heavy atom. The number of hydrogen-bond acceptors (Lipinski definition) is 3. The van der Waals surface area contributed by atoms with Crippen LogP contribution in [-0.4, -0.2) is 24.1 Å². The molecule has 4 nitrogen and oxygen atoms in total. The summed E-state index contributed by atoms with van der Waals surface area (Å²) in [5.74, 6) is -0.392. The molecule has 0 spiro atoms. The van der Waals surface area contributed by atoms with Gasteiger partial charge in [-0.15, -0.1) is 11.8 Å². The summed E-state index contributed by atoms with van der Waals surface area (Å²) in [6.45, 7) is 5.87. The van der Waals surface area contributed by atoms with Crippen LogP contribution in [0.15, 0.2) is 47.4 Å². The van der Waals surface area contributed by atoms with Crippen molar-refractivity contribution >= 4 is 29.3 Å². The van der Waals surface area contributed by atoms with E-state index in [1.807, 2.05) is 45.2 Å². The van der Waals surface area contributed by atoms with Crippen LogP contribution in [0.4, 0.5) is 5.69 Å². The predicted molar refractivity (Wildman–Crippen MR) is 105 cm³/mol. The summed E-state index contributed by atoms with van der Waals surface area (Å²) >= 11 is 1.59. The Morgan fingerprint density at radius 3 is 2.48 bits per heavy atom. The molecule has 0 aliphatic carbocycles. The van der Waals surface area contributed by atoms with Crippen LogP contribution >= 0.6 is 11.8 Å². The van der Waals surface area contributed by atoms with Crippen LogP contribution in [-0.2, 0) is 0 Å². The lowest BCUT2D eigenvalue weighted by molar-refractivity contribution is 0.0940. The smallest absolute Gasteiger partial charge is 0.255 e. The van der Waals surface area contributed by atoms with E-state index in [4.69, 9.17) is 0 Å². The van der Waals surface area contributed by atoms with E-state index in [0.29, 0.717) is 16.8 Å². The predicted octanol–water partition coefficient (Wildman–Crippen LogP) is 4.50. The lowest BCUT2D eigenvalue weighted by Crippen LogP contribution is -2.32. The molecule has 0 saturated carbocycles. The fourth-order valence-corrected chi connectivity index (χ4v) is 2.80. The van der Waals surface area contributed by atoms with E-state index in [1.165, 1.54) is 0 Å². The Balaban J connectivity index is 2.26. The molecule has 25 heavy (non-hydrogen) atoms. The number of carbonyl (C=O) groups is 2. The first kappa shape index (κ1) is 19.1. The van der Waals surface area contributed by atoms with Crippen LogP contribution in [0.1, 0.15) is 46.5 Å². The van der Waals surface area contributed by atoms with Gasteiger partial charge in [0.25, 0.3) is 11.8 Å². The van der Waals surface area contributed by atoms with Crippen molar-refractivity contribution in [2.24, 2.45) is 0 Å². The van der Waals surface area contributed by atoms with Gasteiger partial charge in [0.05, 0.1) is 11.3 Å². The summed E-state index contributed by atoms with van der Waals surface area (Å²) in [6, 6.07) is 12.9. The molecule has 2 aromatic carbocycles. The zero-order chi connectivity index (χ0) is 18.4. The van der Waals surface area contributed by atoms with E-state index in [-0.39, 0.29) is 17.9 Å². The molecule has 0 aliphatic heterocycles. The summed E-state index contributed by atoms with van der Waals surface area (Å²) in [4.78, 5) is 26.2. The van der Waals surface area contributed by atoms with Crippen LogP contribution < -0.4 is 10.6 Å². The van der Waals surface area contributed by atoms with E-state index in [1.54, 1.807) is 36.0 Å². The number of thioether (sulfide) groups is 1. The van der Waals surface area contributed by atoms with Gasteiger partial charge in [-0.2, -0.15) is 0 Å². The molecule has 2 N–H and O–H groups in total. The Hall–Kier alpha value is -2.27. The second-order valence-corrected chi connectivity index (χ2v) is 6.84. The van der Waals surface area contributed by atoms with Crippen LogP contribution in [0.3, 0.4) is 0 Å². The van der Waals surface area contributed by atoms with Gasteiger partial charge in [0.1, 0.15) is 0 Å². The third-order valence-electron chi connectivity index (χ3n) is 4.10. The van der Waals surface area contributed by atoms with Crippen molar-refractivity contribution in [3.8, 4) is 0 Å². The first-order chi connectivity index (χ1) is 12.0. The Kier molecular flexibility index (Phi) is 6.65. The first-order valence-corrected chi connectivity index (χ1v) is 9.54. The highest BCUT2D eigenvalue weighted by Crippen LogP contribution is 2.21. The van der Waals surface area contributed by atoms with Crippen molar-refractivity contribution in [2.75, 3.05) is 11.6 Å². The van der Waals surface area contributed by atoms with Gasteiger partial charge < -0.3 is 10.6 Å². The Labute approximate surface area is 153 Å². The number of para-hydroxylation sites is 1. The standard InChI is InChI=1S/C20H24N2O2S/c1-5-14(3)21-19(23)16-8-6-7-9-18(16)22-20(24)17-12-15(25-4)11-10-13(17)2/h6-12,14H,5H2,1-4H3,(H,21,23)(H,22,24)/t14-/m1/s1. The SMILES string of the molecule is CC[C@@H](C)NC(=O)c1ccccc1NC(=O)c1cc(SC)ccc1C. The number of aryl methyl sites for hydroxylation is 1. The minimum Gasteiger partial charge on any atom is -0.350 e. The molecule has 5 heteroatoms. The molecule has 132 valence electrons. The van der Waals surface area contributed by atoms with Gasteiger partial charge >= 0.3 is 0 Å². The second kappa shape index (κ2) is 8.72. The molecule has 2 rings (SSSR count). The molecule has 2 amide bonds. The third kappa shape index (κ3) is 4.86. The molecular formula is C20H24N2O2S. The average Bonchev–Trinajstić information content (AvgIpc) is 2.62. The van der Waals surface area contributed by atoms with E-state index in [9.17, 15) is 9.59 Å². The maximum atomic E-state index is 12.7. The van der Waals surface area contributed by atoms with Gasteiger partial charge in [-0.25, -0.2) is 0 Å². The number of benzene rings is 2. The number of anilines is 1. The minimum atomic E-state index is -0.211. The van der Waals surface area contributed by atoms with Crippen LogP contribution in [0.25, 0.3) is 0 Å². The van der Waals surface area contributed by atoms with Gasteiger partial charge in [-0.3, -0.25) is 9.59 Å². The number of carbonyl (C=O) groups excluding carboxylic acids is 2. The Bertz CT molecular complexity index is 774. The van der Waals surface area contributed by atoms with Gasteiger partial charge in [0, 0.05) is 16.5 Å². The first-order valence-electron chi connectivity index (χ1n) is 8.32. The molecule has 0 unspecified atom stereocenters. The lowest BCUT2D eigenvalue weighted by Gasteiger charge is -2.15. The Morgan fingerprint density at radius 2 is 1.80 bits per heavy atom. The number of rotatable bonds is 6. The van der Waals surface area contributed by atoms with Crippen molar-refractivity contribution < 1.29 is 9.59 Å². The average molecular weight is 356 g/mol. The zero-order valence-electron chi connectivity index (χ0n) is 15.1. The zero-order valence-corrected chi connectivity index (χ0v) is 15.9. The van der Waals surface area contributed by atoms with Gasteiger partial charge in [0.15, 0.2) is 0 Å². The number of amides is 2. The van der Waals surface area contributed by atoms with E-state index in [2.05, 4.69) is 10.6 Å². The molecule has 0 fully saturated rings. The van der Waals surface area contributed by atoms with Gasteiger partial charge in [-0.05, 0) is 56.4 Å². The van der Waals surface area contributed by atoms with Crippen molar-refractivity contribution in [1.29, 1.82) is 0 Å². The van der Waals surface area contributed by atoms with E-state index >= 15 is 0 Å². The highest BCUT2D eigenvalue weighted by atomic mass is 32.2. The summed E-state index contributed by atoms with van der Waals surface area (Å²) < 4.78 is 0. The van der Waals surface area contributed by atoms with Gasteiger partial charge in [0.2, 0.25) is 0 Å². The van der Waals surface area contributed by atoms with E-state index < -0.39 is 0 Å². The normalized spacial score (nSPS) is 11.7. The maximum absolute atomic E-state index is 12.7. The monoisotopic (exact) mass is 356 g/mol. The number of hydrogen-bond donors (Lipinski definition) is 2. The fourth-order valence-electron chi connectivity index (χ4n) is 2.36. The van der Waals surface area contributed by atoms with Crippen LogP contribution in [0, 0.1) is 6.92 Å². The molecule has 0 heterocycles. The highest BCUT2D eigenvalue weighted by Gasteiger charge is 2.16. The summed E-state index contributed by atoms with van der Waals surface area (Å²) in [6.07, 6.45) is 2.82. The second-order valence-electron chi connectivity index (χ2n) is 5.96. The molecule has 0 bridgehead atoms. The van der Waals surface area contributed by atoms with Crippen LogP contribution in [0.5, 0.6) is 0 Å². The molecule has 1 atom stereocenters. The van der Waals surface area contributed by atoms with Crippen LogP contribution in [0.2, 0.25) is 0 Å². The highest BCUT2D eigenvalue weighted by molar-refractivity contribution is 7.98. The molecule has 0 radical (unpaired) electrons. The topological polar surface area (TPSA) is 58.2 Å². The lowest BCUT2D eigenvalue weighted by atomic mass is 10.1. The van der Waals surface area contributed by atoms with Crippen molar-refractivity contribution in [3.63, 3.8) is 0 Å². The molecular weight excluding hydrogens is 332 g/mol. The van der Waals surface area contributed by atoms with Crippen molar-refractivity contribution in [3.05, 3.63) is 59.2 Å². The quantitative estimate of drug-likeness (QED) is 0.749. The third-order valence-corrected chi connectivity index (χ3v) is 4.82. The fraction of sp³-hybridized carbons (Fsp3) is 0.300. The summed E-state index contributed by atoms with van der Waals surface area (Å²) in [5.41, 5.74) is 2.50. The van der Waals surface area contributed by atoms with E-state index in [0.717, 1.165) is 16.9 Å². The largest absolute Gasteiger partial charge is 0.350 e.